The molecule has 23 heavy (non-hydrogen) atoms. The molecule has 1 aliphatic heterocycles. The van der Waals surface area contributed by atoms with Crippen molar-refractivity contribution >= 4 is 23.6 Å². The number of thioether (sulfide) groups is 1. The number of aryl methyl sites for hydroxylation is 1. The number of nitrogens with zero attached hydrogens (tertiary/aromatic N) is 4. The summed E-state index contributed by atoms with van der Waals surface area (Å²) in [5.74, 6) is 0.695. The van der Waals surface area contributed by atoms with Gasteiger partial charge in [-0.05, 0) is 13.8 Å². The van der Waals surface area contributed by atoms with Gasteiger partial charge in [0, 0.05) is 33.0 Å². The van der Waals surface area contributed by atoms with Gasteiger partial charge in [0.25, 0.3) is 0 Å². The number of primary amides is 1. The van der Waals surface area contributed by atoms with Crippen LogP contribution in [0.5, 0.6) is 0 Å². The quantitative estimate of drug-likeness (QED) is 0.728. The molecule has 0 unspecified atom stereocenters. The van der Waals surface area contributed by atoms with E-state index in [0.717, 1.165) is 0 Å². The average Bonchev–Trinajstić information content (AvgIpc) is 2.82. The first kappa shape index (κ1) is 17.7. The lowest BCUT2D eigenvalue weighted by molar-refractivity contribution is -0.140. The maximum atomic E-state index is 12.3. The standard InChI is InChI=1S/C14H23N5O3S/c1-9-6-19(7-10(2)22-9)13(21)8-23-14-17-16-12(18(14)3)5-4-11(15)20/h9-10H,4-8H2,1-3H3,(H2,15,20)/t9-,10-/m0/s1. The van der Waals surface area contributed by atoms with Crippen LogP contribution < -0.4 is 5.73 Å². The zero-order valence-electron chi connectivity index (χ0n) is 13.7. The first-order chi connectivity index (χ1) is 10.9. The number of morpholine rings is 1. The number of nitrogens with two attached hydrogens (primary N) is 1. The Labute approximate surface area is 139 Å². The van der Waals surface area contributed by atoms with Crippen LogP contribution in [-0.4, -0.2) is 62.5 Å². The molecule has 2 rings (SSSR count). The van der Waals surface area contributed by atoms with Crippen molar-refractivity contribution in [2.45, 2.75) is 44.1 Å². The van der Waals surface area contributed by atoms with Gasteiger partial charge in [-0.2, -0.15) is 0 Å². The van der Waals surface area contributed by atoms with Gasteiger partial charge in [0.05, 0.1) is 18.0 Å². The third kappa shape index (κ3) is 4.93. The molecule has 0 aromatic carbocycles. The van der Waals surface area contributed by atoms with Crippen molar-refractivity contribution in [3.05, 3.63) is 5.82 Å². The molecule has 0 aliphatic carbocycles. The first-order valence-corrected chi connectivity index (χ1v) is 8.58. The van der Waals surface area contributed by atoms with Gasteiger partial charge in [0.2, 0.25) is 11.8 Å². The van der Waals surface area contributed by atoms with Gasteiger partial charge in [-0.15, -0.1) is 10.2 Å². The molecule has 0 radical (unpaired) electrons. The number of ether oxygens (including phenoxy) is 1. The van der Waals surface area contributed by atoms with E-state index >= 15 is 0 Å². The van der Waals surface area contributed by atoms with Crippen molar-refractivity contribution in [3.8, 4) is 0 Å². The Kier molecular flexibility index (Phi) is 6.00. The predicted octanol–water partition coefficient (Wildman–Crippen LogP) is -0.0391. The van der Waals surface area contributed by atoms with Crippen molar-refractivity contribution in [1.29, 1.82) is 0 Å². The predicted molar refractivity (Wildman–Crippen MR) is 85.8 cm³/mol. The average molecular weight is 341 g/mol. The molecule has 1 fully saturated rings. The van der Waals surface area contributed by atoms with Gasteiger partial charge in [-0.3, -0.25) is 9.59 Å². The normalized spacial score (nSPS) is 21.4. The monoisotopic (exact) mass is 341 g/mol. The Morgan fingerprint density at radius 3 is 2.57 bits per heavy atom. The van der Waals surface area contributed by atoms with Gasteiger partial charge in [0.1, 0.15) is 5.82 Å². The van der Waals surface area contributed by atoms with Crippen LogP contribution in [0.1, 0.15) is 26.1 Å². The van der Waals surface area contributed by atoms with E-state index in [2.05, 4.69) is 10.2 Å². The third-order valence-corrected chi connectivity index (χ3v) is 4.62. The highest BCUT2D eigenvalue weighted by molar-refractivity contribution is 7.99. The molecule has 1 aromatic rings. The molecular weight excluding hydrogens is 318 g/mol. The first-order valence-electron chi connectivity index (χ1n) is 7.59. The lowest BCUT2D eigenvalue weighted by atomic mass is 10.2. The summed E-state index contributed by atoms with van der Waals surface area (Å²) in [4.78, 5) is 25.0. The Morgan fingerprint density at radius 1 is 1.30 bits per heavy atom. The number of carbonyl (C=O) groups excluding carboxylic acids is 2. The highest BCUT2D eigenvalue weighted by atomic mass is 32.2. The van der Waals surface area contributed by atoms with Crippen molar-refractivity contribution < 1.29 is 14.3 Å². The molecule has 2 atom stereocenters. The van der Waals surface area contributed by atoms with Crippen LogP contribution in [0.25, 0.3) is 0 Å². The molecule has 9 heteroatoms. The molecule has 1 aromatic heterocycles. The fraction of sp³-hybridized carbons (Fsp3) is 0.714. The molecular formula is C14H23N5O3S. The van der Waals surface area contributed by atoms with Gasteiger partial charge >= 0.3 is 0 Å². The minimum Gasteiger partial charge on any atom is -0.372 e. The number of aromatic nitrogens is 3. The SMILES string of the molecule is C[C@H]1CN(C(=O)CSc2nnc(CCC(N)=O)n2C)C[C@H](C)O1. The fourth-order valence-electron chi connectivity index (χ4n) is 2.52. The molecule has 8 nitrogen and oxygen atoms in total. The smallest absolute Gasteiger partial charge is 0.233 e. The molecule has 2 N–H and O–H groups in total. The maximum absolute atomic E-state index is 12.3. The number of carbonyl (C=O) groups is 2. The number of hydrogen-bond acceptors (Lipinski definition) is 6. The van der Waals surface area contributed by atoms with Gasteiger partial charge in [0.15, 0.2) is 5.16 Å². The lowest BCUT2D eigenvalue weighted by Gasteiger charge is -2.35. The maximum Gasteiger partial charge on any atom is 0.233 e. The van der Waals surface area contributed by atoms with E-state index in [9.17, 15) is 9.59 Å². The summed E-state index contributed by atoms with van der Waals surface area (Å²) >= 11 is 1.35. The van der Waals surface area contributed by atoms with Crippen molar-refractivity contribution in [1.82, 2.24) is 19.7 Å². The molecule has 0 bridgehead atoms. The number of hydrogen-bond donors (Lipinski definition) is 1. The summed E-state index contributed by atoms with van der Waals surface area (Å²) in [5, 5.41) is 8.77. The second kappa shape index (κ2) is 7.78. The number of amides is 2. The van der Waals surface area contributed by atoms with Crippen LogP contribution in [0.3, 0.4) is 0 Å². The minimum atomic E-state index is -0.368. The van der Waals surface area contributed by atoms with Crippen LogP contribution in [0.15, 0.2) is 5.16 Å². The molecule has 2 heterocycles. The van der Waals surface area contributed by atoms with Gasteiger partial charge in [-0.25, -0.2) is 0 Å². The molecule has 1 aliphatic rings. The van der Waals surface area contributed by atoms with Crippen LogP contribution in [0, 0.1) is 0 Å². The lowest BCUT2D eigenvalue weighted by Crippen LogP contribution is -2.48. The van der Waals surface area contributed by atoms with E-state index in [0.29, 0.717) is 36.2 Å². The Balaban J connectivity index is 1.88. The number of rotatable bonds is 6. The summed E-state index contributed by atoms with van der Waals surface area (Å²) in [6, 6.07) is 0. The van der Waals surface area contributed by atoms with E-state index < -0.39 is 0 Å². The second-order valence-corrected chi connectivity index (χ2v) is 6.71. The highest BCUT2D eigenvalue weighted by Gasteiger charge is 2.26. The Hall–Kier alpha value is -1.61. The second-order valence-electron chi connectivity index (χ2n) is 5.77. The summed E-state index contributed by atoms with van der Waals surface area (Å²) in [6.45, 7) is 5.17. The van der Waals surface area contributed by atoms with Crippen LogP contribution in [0.2, 0.25) is 0 Å². The van der Waals surface area contributed by atoms with Crippen LogP contribution in [-0.2, 0) is 27.8 Å². The third-order valence-electron chi connectivity index (χ3n) is 3.62. The minimum absolute atomic E-state index is 0.0583. The molecule has 0 saturated carbocycles. The van der Waals surface area contributed by atoms with Gasteiger partial charge < -0.3 is 19.9 Å². The fourth-order valence-corrected chi connectivity index (χ4v) is 3.36. The largest absolute Gasteiger partial charge is 0.372 e. The van der Waals surface area contributed by atoms with Crippen LogP contribution in [0.4, 0.5) is 0 Å². The summed E-state index contributed by atoms with van der Waals surface area (Å²) < 4.78 is 7.43. The van der Waals surface area contributed by atoms with E-state index in [1.165, 1.54) is 11.8 Å². The van der Waals surface area contributed by atoms with Crippen molar-refractivity contribution in [3.63, 3.8) is 0 Å². The van der Waals surface area contributed by atoms with E-state index in [4.69, 9.17) is 10.5 Å². The van der Waals surface area contributed by atoms with Crippen LogP contribution >= 0.6 is 11.8 Å². The highest BCUT2D eigenvalue weighted by Crippen LogP contribution is 2.18. The molecule has 2 amide bonds. The van der Waals surface area contributed by atoms with Gasteiger partial charge in [-0.1, -0.05) is 11.8 Å². The molecule has 0 spiro atoms. The van der Waals surface area contributed by atoms with Crippen molar-refractivity contribution in [2.75, 3.05) is 18.8 Å². The zero-order chi connectivity index (χ0) is 17.0. The summed E-state index contributed by atoms with van der Waals surface area (Å²) in [6.07, 6.45) is 0.802. The Bertz CT molecular complexity index is 567. The molecule has 1 saturated heterocycles. The van der Waals surface area contributed by atoms with E-state index in [1.54, 1.807) is 4.57 Å². The van der Waals surface area contributed by atoms with E-state index in [-0.39, 0.29) is 30.4 Å². The summed E-state index contributed by atoms with van der Waals surface area (Å²) in [7, 11) is 1.82. The molecule has 128 valence electrons. The Morgan fingerprint density at radius 2 is 1.96 bits per heavy atom. The topological polar surface area (TPSA) is 103 Å². The van der Waals surface area contributed by atoms with E-state index in [1.807, 2.05) is 25.8 Å². The zero-order valence-corrected chi connectivity index (χ0v) is 14.5. The summed E-state index contributed by atoms with van der Waals surface area (Å²) in [5.41, 5.74) is 5.14. The van der Waals surface area contributed by atoms with Crippen molar-refractivity contribution in [2.24, 2.45) is 12.8 Å².